The van der Waals surface area contributed by atoms with Gasteiger partial charge in [0, 0.05) is 18.0 Å². The summed E-state index contributed by atoms with van der Waals surface area (Å²) in [5.41, 5.74) is 0.160. The molecule has 0 saturated carbocycles. The van der Waals surface area contributed by atoms with Crippen molar-refractivity contribution in [2.45, 2.75) is 18.6 Å². The number of carbonyl (C=O) groups is 1. The standard InChI is InChI=1S/C9H9N3O4/c10-2-7-11-3-5(4-12-7)9(16)6(13)1-8(14)15/h3-4,6,9,13,16H,1H2,(H,14,15). The molecule has 0 bridgehead atoms. The van der Waals surface area contributed by atoms with Gasteiger partial charge >= 0.3 is 5.97 Å². The second kappa shape index (κ2) is 5.16. The van der Waals surface area contributed by atoms with Crippen molar-refractivity contribution in [3.8, 4) is 6.07 Å². The monoisotopic (exact) mass is 223 g/mol. The SMILES string of the molecule is N#Cc1ncc(C(O)C(O)CC(=O)O)cn1. The number of rotatable bonds is 4. The number of hydrogen-bond donors (Lipinski definition) is 3. The Morgan fingerprint density at radius 1 is 1.44 bits per heavy atom. The van der Waals surface area contributed by atoms with Crippen molar-refractivity contribution in [2.24, 2.45) is 0 Å². The molecule has 0 aliphatic carbocycles. The van der Waals surface area contributed by atoms with E-state index in [1.165, 1.54) is 12.4 Å². The number of aliphatic hydroxyl groups is 2. The summed E-state index contributed by atoms with van der Waals surface area (Å²) in [5, 5.41) is 35.7. The highest BCUT2D eigenvalue weighted by atomic mass is 16.4. The maximum absolute atomic E-state index is 10.3. The third kappa shape index (κ3) is 2.98. The van der Waals surface area contributed by atoms with Crippen LogP contribution in [0.15, 0.2) is 12.4 Å². The lowest BCUT2D eigenvalue weighted by Crippen LogP contribution is -2.22. The molecule has 16 heavy (non-hydrogen) atoms. The summed E-state index contributed by atoms with van der Waals surface area (Å²) in [7, 11) is 0. The Morgan fingerprint density at radius 3 is 2.44 bits per heavy atom. The molecule has 0 radical (unpaired) electrons. The first-order chi connectivity index (χ1) is 7.54. The van der Waals surface area contributed by atoms with Gasteiger partial charge in [0.15, 0.2) is 0 Å². The molecule has 0 aromatic carbocycles. The van der Waals surface area contributed by atoms with Crippen LogP contribution in [0.5, 0.6) is 0 Å². The van der Waals surface area contributed by atoms with Crippen molar-refractivity contribution in [1.82, 2.24) is 9.97 Å². The van der Waals surface area contributed by atoms with Crippen LogP contribution in [0, 0.1) is 11.3 Å². The number of aliphatic hydroxyl groups excluding tert-OH is 2. The van der Waals surface area contributed by atoms with E-state index >= 15 is 0 Å². The zero-order valence-corrected chi connectivity index (χ0v) is 8.11. The van der Waals surface area contributed by atoms with Crippen LogP contribution in [0.25, 0.3) is 0 Å². The maximum atomic E-state index is 10.3. The molecule has 2 atom stereocenters. The molecule has 1 aromatic heterocycles. The second-order valence-corrected chi connectivity index (χ2v) is 3.06. The number of hydrogen-bond acceptors (Lipinski definition) is 6. The minimum atomic E-state index is -1.44. The molecule has 0 aliphatic heterocycles. The predicted octanol–water partition coefficient (Wildman–Crippen LogP) is -0.783. The fraction of sp³-hybridized carbons (Fsp3) is 0.333. The lowest BCUT2D eigenvalue weighted by atomic mass is 10.1. The normalized spacial score (nSPS) is 13.8. The topological polar surface area (TPSA) is 127 Å². The lowest BCUT2D eigenvalue weighted by molar-refractivity contribution is -0.141. The van der Waals surface area contributed by atoms with Crippen molar-refractivity contribution in [3.05, 3.63) is 23.8 Å². The summed E-state index contributed by atoms with van der Waals surface area (Å²) in [6, 6.07) is 1.69. The van der Waals surface area contributed by atoms with E-state index in [1.807, 2.05) is 0 Å². The quantitative estimate of drug-likeness (QED) is 0.610. The predicted molar refractivity (Wildman–Crippen MR) is 50.0 cm³/mol. The van der Waals surface area contributed by atoms with Crippen LogP contribution in [-0.4, -0.2) is 37.4 Å². The Labute approximate surface area is 90.6 Å². The van der Waals surface area contributed by atoms with Crippen LogP contribution in [0.3, 0.4) is 0 Å². The van der Waals surface area contributed by atoms with Crippen molar-refractivity contribution in [1.29, 1.82) is 5.26 Å². The van der Waals surface area contributed by atoms with E-state index in [0.29, 0.717) is 0 Å². The first-order valence-electron chi connectivity index (χ1n) is 4.34. The molecular formula is C9H9N3O4. The minimum absolute atomic E-state index is 0.0660. The lowest BCUT2D eigenvalue weighted by Gasteiger charge is -2.15. The zero-order chi connectivity index (χ0) is 12.1. The van der Waals surface area contributed by atoms with E-state index < -0.39 is 24.6 Å². The average Bonchev–Trinajstić information content (AvgIpc) is 2.27. The van der Waals surface area contributed by atoms with Crippen molar-refractivity contribution in [2.75, 3.05) is 0 Å². The van der Waals surface area contributed by atoms with Gasteiger partial charge in [0.2, 0.25) is 5.82 Å². The van der Waals surface area contributed by atoms with Gasteiger partial charge in [-0.3, -0.25) is 4.79 Å². The molecule has 1 rings (SSSR count). The summed E-state index contributed by atoms with van der Waals surface area (Å²) in [6.07, 6.45) is -1.07. The van der Waals surface area contributed by atoms with E-state index in [4.69, 9.17) is 10.4 Å². The molecular weight excluding hydrogens is 214 g/mol. The van der Waals surface area contributed by atoms with Gasteiger partial charge in [-0.05, 0) is 0 Å². The van der Waals surface area contributed by atoms with Crippen LogP contribution in [0.2, 0.25) is 0 Å². The number of aliphatic carboxylic acids is 1. The van der Waals surface area contributed by atoms with Gasteiger partial charge in [-0.2, -0.15) is 5.26 Å². The van der Waals surface area contributed by atoms with Gasteiger partial charge in [-0.1, -0.05) is 0 Å². The summed E-state index contributed by atoms with van der Waals surface area (Å²) >= 11 is 0. The molecule has 0 aliphatic rings. The molecule has 3 N–H and O–H groups in total. The molecule has 1 aromatic rings. The molecule has 1 heterocycles. The average molecular weight is 223 g/mol. The van der Waals surface area contributed by atoms with Gasteiger partial charge in [-0.25, -0.2) is 9.97 Å². The van der Waals surface area contributed by atoms with Gasteiger partial charge in [-0.15, -0.1) is 0 Å². The largest absolute Gasteiger partial charge is 0.481 e. The third-order valence-electron chi connectivity index (χ3n) is 1.86. The van der Waals surface area contributed by atoms with Gasteiger partial charge < -0.3 is 15.3 Å². The highest BCUT2D eigenvalue weighted by Gasteiger charge is 2.21. The number of carboxylic acid groups (broad SMARTS) is 1. The molecule has 2 unspecified atom stereocenters. The number of aromatic nitrogens is 2. The highest BCUT2D eigenvalue weighted by Crippen LogP contribution is 2.17. The highest BCUT2D eigenvalue weighted by molar-refractivity contribution is 5.67. The Kier molecular flexibility index (Phi) is 3.88. The van der Waals surface area contributed by atoms with Gasteiger partial charge in [0.05, 0.1) is 12.5 Å². The summed E-state index contributed by atoms with van der Waals surface area (Å²) < 4.78 is 0. The molecule has 0 fully saturated rings. The van der Waals surface area contributed by atoms with Crippen molar-refractivity contribution < 1.29 is 20.1 Å². The van der Waals surface area contributed by atoms with Crippen LogP contribution in [0.1, 0.15) is 23.9 Å². The summed E-state index contributed by atoms with van der Waals surface area (Å²) in [5.74, 6) is -1.29. The Hall–Kier alpha value is -2.04. The Balaban J connectivity index is 2.76. The smallest absolute Gasteiger partial charge is 0.306 e. The third-order valence-corrected chi connectivity index (χ3v) is 1.86. The fourth-order valence-corrected chi connectivity index (χ4v) is 1.06. The molecule has 0 spiro atoms. The van der Waals surface area contributed by atoms with Crippen LogP contribution in [0.4, 0.5) is 0 Å². The second-order valence-electron chi connectivity index (χ2n) is 3.06. The fourth-order valence-electron chi connectivity index (χ4n) is 1.06. The Bertz CT molecular complexity index is 412. The van der Waals surface area contributed by atoms with Crippen LogP contribution in [-0.2, 0) is 4.79 Å². The first-order valence-corrected chi connectivity index (χ1v) is 4.34. The van der Waals surface area contributed by atoms with E-state index in [0.717, 1.165) is 0 Å². The maximum Gasteiger partial charge on any atom is 0.306 e. The van der Waals surface area contributed by atoms with Crippen LogP contribution < -0.4 is 0 Å². The first kappa shape index (κ1) is 12.0. The van der Waals surface area contributed by atoms with Crippen molar-refractivity contribution >= 4 is 5.97 Å². The van der Waals surface area contributed by atoms with Gasteiger partial charge in [0.1, 0.15) is 12.2 Å². The molecule has 0 amide bonds. The number of carboxylic acids is 1. The minimum Gasteiger partial charge on any atom is -0.481 e. The molecule has 7 heteroatoms. The Morgan fingerprint density at radius 2 is 2.00 bits per heavy atom. The number of nitriles is 1. The van der Waals surface area contributed by atoms with Gasteiger partial charge in [0.25, 0.3) is 0 Å². The summed E-state index contributed by atoms with van der Waals surface area (Å²) in [6.45, 7) is 0. The summed E-state index contributed by atoms with van der Waals surface area (Å²) in [4.78, 5) is 17.5. The van der Waals surface area contributed by atoms with E-state index in [1.54, 1.807) is 6.07 Å². The van der Waals surface area contributed by atoms with E-state index in [-0.39, 0.29) is 11.4 Å². The zero-order valence-electron chi connectivity index (χ0n) is 8.11. The van der Waals surface area contributed by atoms with Crippen LogP contribution >= 0.6 is 0 Å². The van der Waals surface area contributed by atoms with E-state index in [9.17, 15) is 15.0 Å². The molecule has 7 nitrogen and oxygen atoms in total. The number of nitrogens with zero attached hydrogens (tertiary/aromatic N) is 3. The molecule has 0 saturated heterocycles. The van der Waals surface area contributed by atoms with E-state index in [2.05, 4.69) is 9.97 Å². The molecule has 84 valence electrons. The van der Waals surface area contributed by atoms with Crippen molar-refractivity contribution in [3.63, 3.8) is 0 Å².